The molecule has 0 aliphatic carbocycles. The van der Waals surface area contributed by atoms with E-state index in [9.17, 15) is 0 Å². The highest BCUT2D eigenvalue weighted by Crippen LogP contribution is 2.27. The van der Waals surface area contributed by atoms with Gasteiger partial charge in [0.15, 0.2) is 0 Å². The monoisotopic (exact) mass is 397 g/mol. The lowest BCUT2D eigenvalue weighted by Crippen LogP contribution is -1.96. The van der Waals surface area contributed by atoms with E-state index in [-0.39, 0.29) is 0 Å². The molecule has 0 aromatic heterocycles. The number of rotatable bonds is 5. The number of allylic oxidation sites excluding steroid dienone is 1. The number of hydrogen-bond donors (Lipinski definition) is 0. The quantitative estimate of drug-likeness (QED) is 0.316. The summed E-state index contributed by atoms with van der Waals surface area (Å²) in [5.74, 6) is 0. The molecule has 26 heavy (non-hydrogen) atoms. The van der Waals surface area contributed by atoms with Gasteiger partial charge in [-0.2, -0.15) is 0 Å². The second-order valence-electron chi connectivity index (χ2n) is 5.72. The third-order valence-electron chi connectivity index (χ3n) is 3.62. The number of halogens is 2. The Morgan fingerprint density at radius 2 is 1.54 bits per heavy atom. The zero-order valence-corrected chi connectivity index (χ0v) is 16.5. The highest BCUT2D eigenvalue weighted by atomic mass is 35.5. The first-order chi connectivity index (χ1) is 12.6. The molecule has 130 valence electrons. The van der Waals surface area contributed by atoms with Crippen LogP contribution in [0.2, 0.25) is 10.0 Å². The molecule has 0 aliphatic heterocycles. The maximum absolute atomic E-state index is 6.06. The van der Waals surface area contributed by atoms with Crippen LogP contribution in [-0.4, -0.2) is 5.71 Å². The molecule has 0 unspecified atom stereocenters. The fraction of sp³-hybridized carbons (Fsp3) is 0.0455. The number of aliphatic imine (C=N–C) groups is 1. The van der Waals surface area contributed by atoms with E-state index in [4.69, 9.17) is 28.2 Å². The van der Waals surface area contributed by atoms with Gasteiger partial charge in [-0.05, 0) is 48.7 Å². The summed E-state index contributed by atoms with van der Waals surface area (Å²) < 4.78 is 0. The van der Waals surface area contributed by atoms with E-state index in [1.54, 1.807) is 17.8 Å². The molecule has 4 heteroatoms. The molecule has 0 saturated carbocycles. The molecule has 0 N–H and O–H groups in total. The lowest BCUT2D eigenvalue weighted by atomic mass is 10.1. The Morgan fingerprint density at radius 3 is 2.19 bits per heavy atom. The van der Waals surface area contributed by atoms with Crippen molar-refractivity contribution in [2.24, 2.45) is 4.99 Å². The average Bonchev–Trinajstić information content (AvgIpc) is 2.62. The van der Waals surface area contributed by atoms with Gasteiger partial charge in [0.2, 0.25) is 0 Å². The third-order valence-corrected chi connectivity index (χ3v) is 4.84. The molecule has 3 aromatic carbocycles. The molecular weight excluding hydrogens is 381 g/mol. The number of nitrogens with zero attached hydrogens (tertiary/aromatic N) is 1. The molecule has 0 bridgehead atoms. The van der Waals surface area contributed by atoms with Crippen LogP contribution in [0.15, 0.2) is 94.2 Å². The zero-order chi connectivity index (χ0) is 18.4. The van der Waals surface area contributed by atoms with E-state index in [2.05, 4.69) is 31.2 Å². The van der Waals surface area contributed by atoms with Crippen molar-refractivity contribution in [3.63, 3.8) is 0 Å². The second-order valence-corrected chi connectivity index (χ2v) is 7.58. The molecular formula is C22H17Cl2NS. The lowest BCUT2D eigenvalue weighted by molar-refractivity contribution is 1.45. The van der Waals surface area contributed by atoms with Crippen molar-refractivity contribution in [2.45, 2.75) is 11.8 Å². The number of benzene rings is 3. The van der Waals surface area contributed by atoms with Gasteiger partial charge in [-0.15, -0.1) is 0 Å². The van der Waals surface area contributed by atoms with Gasteiger partial charge in [-0.25, -0.2) is 4.99 Å². The Bertz CT molecular complexity index is 912. The number of thioether (sulfide) groups is 1. The van der Waals surface area contributed by atoms with Crippen LogP contribution in [0.1, 0.15) is 11.1 Å². The summed E-state index contributed by atoms with van der Waals surface area (Å²) in [5, 5.41) is 3.26. The lowest BCUT2D eigenvalue weighted by Gasteiger charge is -2.04. The van der Waals surface area contributed by atoms with Crippen molar-refractivity contribution >= 4 is 46.4 Å². The SMILES string of the molecule is Cc1ccc(C(C=CSc2cc(Cl)cc(Cl)c2)=Nc2ccccc2)cc1. The predicted octanol–water partition coefficient (Wildman–Crippen LogP) is 7.73. The van der Waals surface area contributed by atoms with Crippen molar-refractivity contribution in [1.82, 2.24) is 0 Å². The summed E-state index contributed by atoms with van der Waals surface area (Å²) in [5.41, 5.74) is 4.11. The summed E-state index contributed by atoms with van der Waals surface area (Å²) in [7, 11) is 0. The van der Waals surface area contributed by atoms with Crippen LogP contribution in [0.4, 0.5) is 5.69 Å². The van der Waals surface area contributed by atoms with Crippen LogP contribution in [0, 0.1) is 6.92 Å². The Kier molecular flexibility index (Phi) is 6.56. The van der Waals surface area contributed by atoms with E-state index in [1.807, 2.05) is 53.9 Å². The molecule has 0 spiro atoms. The molecule has 0 aliphatic rings. The maximum Gasteiger partial charge on any atom is 0.0714 e. The number of para-hydroxylation sites is 1. The van der Waals surface area contributed by atoms with E-state index >= 15 is 0 Å². The first-order valence-corrected chi connectivity index (χ1v) is 9.74. The first kappa shape index (κ1) is 18.8. The molecule has 0 saturated heterocycles. The van der Waals surface area contributed by atoms with Crippen molar-refractivity contribution < 1.29 is 0 Å². The number of aryl methyl sites for hydroxylation is 1. The minimum absolute atomic E-state index is 0.630. The van der Waals surface area contributed by atoms with Crippen LogP contribution >= 0.6 is 35.0 Å². The molecule has 0 radical (unpaired) electrons. The summed E-state index contributed by atoms with van der Waals surface area (Å²) in [6, 6.07) is 23.8. The van der Waals surface area contributed by atoms with E-state index in [0.29, 0.717) is 10.0 Å². The van der Waals surface area contributed by atoms with Crippen molar-refractivity contribution in [2.75, 3.05) is 0 Å². The fourth-order valence-electron chi connectivity index (χ4n) is 2.34. The Labute approximate surface area is 168 Å². The summed E-state index contributed by atoms with van der Waals surface area (Å²) >= 11 is 13.7. The molecule has 3 rings (SSSR count). The van der Waals surface area contributed by atoms with Crippen LogP contribution in [0.3, 0.4) is 0 Å². The Morgan fingerprint density at radius 1 is 0.885 bits per heavy atom. The average molecular weight is 398 g/mol. The summed E-state index contributed by atoms with van der Waals surface area (Å²) in [6.45, 7) is 2.08. The second kappa shape index (κ2) is 9.09. The predicted molar refractivity (Wildman–Crippen MR) is 115 cm³/mol. The van der Waals surface area contributed by atoms with Gasteiger partial charge < -0.3 is 0 Å². The summed E-state index contributed by atoms with van der Waals surface area (Å²) in [4.78, 5) is 5.78. The van der Waals surface area contributed by atoms with Gasteiger partial charge >= 0.3 is 0 Å². The molecule has 0 heterocycles. The van der Waals surface area contributed by atoms with Crippen LogP contribution in [0.25, 0.3) is 0 Å². The molecule has 3 aromatic rings. The highest BCUT2D eigenvalue weighted by Gasteiger charge is 2.02. The van der Waals surface area contributed by atoms with Crippen molar-refractivity contribution in [1.29, 1.82) is 0 Å². The van der Waals surface area contributed by atoms with E-state index in [0.717, 1.165) is 21.9 Å². The van der Waals surface area contributed by atoms with Crippen LogP contribution < -0.4 is 0 Å². The molecule has 1 nitrogen and oxygen atoms in total. The van der Waals surface area contributed by atoms with Gasteiger partial charge in [-0.1, -0.05) is 83.0 Å². The van der Waals surface area contributed by atoms with Gasteiger partial charge in [0.25, 0.3) is 0 Å². The Balaban J connectivity index is 1.88. The molecule has 0 amide bonds. The van der Waals surface area contributed by atoms with Crippen molar-refractivity contribution in [3.8, 4) is 0 Å². The Hall–Kier alpha value is -2.00. The van der Waals surface area contributed by atoms with Gasteiger partial charge in [0.05, 0.1) is 11.4 Å². The summed E-state index contributed by atoms with van der Waals surface area (Å²) in [6.07, 6.45) is 2.01. The molecule has 0 fully saturated rings. The maximum atomic E-state index is 6.06. The minimum Gasteiger partial charge on any atom is -0.248 e. The van der Waals surface area contributed by atoms with Gasteiger partial charge in [0, 0.05) is 20.5 Å². The van der Waals surface area contributed by atoms with Crippen LogP contribution in [-0.2, 0) is 0 Å². The zero-order valence-electron chi connectivity index (χ0n) is 14.2. The normalized spacial score (nSPS) is 11.9. The highest BCUT2D eigenvalue weighted by molar-refractivity contribution is 8.02. The van der Waals surface area contributed by atoms with Crippen LogP contribution in [0.5, 0.6) is 0 Å². The minimum atomic E-state index is 0.630. The number of hydrogen-bond acceptors (Lipinski definition) is 2. The molecule has 0 atom stereocenters. The fourth-order valence-corrected chi connectivity index (χ4v) is 3.74. The third kappa shape index (κ3) is 5.50. The van der Waals surface area contributed by atoms with E-state index in [1.165, 1.54) is 5.56 Å². The topological polar surface area (TPSA) is 12.4 Å². The van der Waals surface area contributed by atoms with Gasteiger partial charge in [0.1, 0.15) is 0 Å². The van der Waals surface area contributed by atoms with E-state index < -0.39 is 0 Å². The van der Waals surface area contributed by atoms with Gasteiger partial charge in [-0.3, -0.25) is 0 Å². The first-order valence-electron chi connectivity index (χ1n) is 8.10. The van der Waals surface area contributed by atoms with Crippen molar-refractivity contribution in [3.05, 3.63) is 105 Å². The standard InChI is InChI=1S/C22H17Cl2NS/c1-16-7-9-17(10-8-16)22(25-20-5-3-2-4-6-20)11-12-26-21-14-18(23)13-19(24)15-21/h2-15H,1H3. The smallest absolute Gasteiger partial charge is 0.0714 e. The largest absolute Gasteiger partial charge is 0.248 e.